The van der Waals surface area contributed by atoms with Crippen LogP contribution in [0.15, 0.2) is 28.7 Å². The average Bonchev–Trinajstić information content (AvgIpc) is 2.42. The molecule has 1 rings (SSSR count). The highest BCUT2D eigenvalue weighted by atomic mass is 79.9. The van der Waals surface area contributed by atoms with Crippen molar-refractivity contribution in [1.29, 1.82) is 0 Å². The van der Waals surface area contributed by atoms with Gasteiger partial charge in [-0.25, -0.2) is 0 Å². The van der Waals surface area contributed by atoms with Crippen LogP contribution < -0.4 is 0 Å². The van der Waals surface area contributed by atoms with Crippen molar-refractivity contribution >= 4 is 21.9 Å². The number of carboxylic acids is 1. The van der Waals surface area contributed by atoms with Crippen LogP contribution in [0.2, 0.25) is 0 Å². The summed E-state index contributed by atoms with van der Waals surface area (Å²) < 4.78 is 0.913. The molecule has 1 unspecified atom stereocenters. The maximum absolute atomic E-state index is 11.7. The molecule has 1 aromatic rings. The van der Waals surface area contributed by atoms with Crippen molar-refractivity contribution in [2.24, 2.45) is 0 Å². The highest BCUT2D eigenvalue weighted by Crippen LogP contribution is 2.32. The van der Waals surface area contributed by atoms with Crippen LogP contribution in [-0.4, -0.2) is 11.1 Å². The van der Waals surface area contributed by atoms with Crippen LogP contribution in [-0.2, 0) is 10.2 Å². The minimum atomic E-state index is -0.824. The van der Waals surface area contributed by atoms with E-state index in [0.29, 0.717) is 6.42 Å². The number of benzene rings is 1. The minimum absolute atomic E-state index is 0.648. The molecule has 108 valence electrons. The van der Waals surface area contributed by atoms with Crippen LogP contribution in [0.1, 0.15) is 51.0 Å². The molecule has 20 heavy (non-hydrogen) atoms. The molecule has 1 N–H and O–H groups in total. The first kappa shape index (κ1) is 16.8. The Labute approximate surface area is 129 Å². The van der Waals surface area contributed by atoms with Gasteiger partial charge in [-0.2, -0.15) is 0 Å². The lowest BCUT2D eigenvalue weighted by Gasteiger charge is -2.25. The predicted octanol–water partition coefficient (Wildman–Crippen LogP) is 4.77. The number of hydrogen-bond acceptors (Lipinski definition) is 1. The number of unbranched alkanes of at least 4 members (excludes halogenated alkanes) is 4. The van der Waals surface area contributed by atoms with E-state index in [4.69, 9.17) is 6.42 Å². The van der Waals surface area contributed by atoms with Gasteiger partial charge in [-0.15, -0.1) is 12.3 Å². The van der Waals surface area contributed by atoms with E-state index in [1.165, 1.54) is 0 Å². The summed E-state index contributed by atoms with van der Waals surface area (Å²) in [6.07, 6.45) is 10.7. The standard InChI is InChI=1S/C17H21BrO2/c1-3-4-5-6-7-8-12-17(2,16(19)20)14-10-9-11-15(18)13-14/h1,9-11,13H,4-8,12H2,2H3,(H,19,20). The van der Waals surface area contributed by atoms with Gasteiger partial charge in [0.15, 0.2) is 0 Å². The molecule has 0 fully saturated rings. The van der Waals surface area contributed by atoms with E-state index in [0.717, 1.165) is 42.1 Å². The lowest BCUT2D eigenvalue weighted by atomic mass is 9.78. The summed E-state index contributed by atoms with van der Waals surface area (Å²) in [5.41, 5.74) is 0.0265. The molecule has 0 bridgehead atoms. The van der Waals surface area contributed by atoms with Crippen molar-refractivity contribution in [3.05, 3.63) is 34.3 Å². The topological polar surface area (TPSA) is 37.3 Å². The SMILES string of the molecule is C#CCCCCCCC(C)(C(=O)O)c1cccc(Br)c1. The van der Waals surface area contributed by atoms with Gasteiger partial charge in [0.25, 0.3) is 0 Å². The van der Waals surface area contributed by atoms with E-state index in [-0.39, 0.29) is 0 Å². The summed E-state index contributed by atoms with van der Waals surface area (Å²) >= 11 is 3.40. The highest BCUT2D eigenvalue weighted by molar-refractivity contribution is 9.10. The van der Waals surface area contributed by atoms with Crippen molar-refractivity contribution in [3.63, 3.8) is 0 Å². The predicted molar refractivity (Wildman–Crippen MR) is 85.7 cm³/mol. The second kappa shape index (κ2) is 8.11. The molecule has 0 radical (unpaired) electrons. The fourth-order valence-electron chi connectivity index (χ4n) is 2.27. The fraction of sp³-hybridized carbons (Fsp3) is 0.471. The van der Waals surface area contributed by atoms with E-state index in [9.17, 15) is 9.90 Å². The summed E-state index contributed by atoms with van der Waals surface area (Å²) in [6.45, 7) is 1.80. The van der Waals surface area contributed by atoms with E-state index in [2.05, 4.69) is 21.9 Å². The number of rotatable bonds is 8. The van der Waals surface area contributed by atoms with Gasteiger partial charge in [-0.1, -0.05) is 47.3 Å². The molecule has 0 aromatic heterocycles. The highest BCUT2D eigenvalue weighted by Gasteiger charge is 2.34. The maximum Gasteiger partial charge on any atom is 0.313 e. The molecule has 0 saturated carbocycles. The van der Waals surface area contributed by atoms with Crippen LogP contribution in [0.5, 0.6) is 0 Å². The molecular weight excluding hydrogens is 316 g/mol. The van der Waals surface area contributed by atoms with Crippen molar-refractivity contribution in [2.45, 2.75) is 50.9 Å². The van der Waals surface area contributed by atoms with E-state index >= 15 is 0 Å². The lowest BCUT2D eigenvalue weighted by molar-refractivity contribution is -0.143. The van der Waals surface area contributed by atoms with Gasteiger partial charge < -0.3 is 5.11 Å². The van der Waals surface area contributed by atoms with Gasteiger partial charge in [-0.3, -0.25) is 4.79 Å². The van der Waals surface area contributed by atoms with Crippen molar-refractivity contribution < 1.29 is 9.90 Å². The monoisotopic (exact) mass is 336 g/mol. The van der Waals surface area contributed by atoms with Crippen LogP contribution in [0.25, 0.3) is 0 Å². The number of terminal acetylenes is 1. The third-order valence-corrected chi connectivity index (χ3v) is 4.17. The third kappa shape index (κ3) is 4.68. The molecule has 1 atom stereocenters. The molecule has 2 nitrogen and oxygen atoms in total. The second-order valence-corrected chi connectivity index (χ2v) is 6.18. The summed E-state index contributed by atoms with van der Waals surface area (Å²) in [5.74, 6) is 1.86. The Balaban J connectivity index is 2.64. The number of carbonyl (C=O) groups is 1. The maximum atomic E-state index is 11.7. The van der Waals surface area contributed by atoms with Gasteiger partial charge >= 0.3 is 5.97 Å². The van der Waals surface area contributed by atoms with Crippen molar-refractivity contribution in [3.8, 4) is 12.3 Å². The first-order valence-electron chi connectivity index (χ1n) is 6.93. The number of hydrogen-bond donors (Lipinski definition) is 1. The Morgan fingerprint density at radius 2 is 2.05 bits per heavy atom. The van der Waals surface area contributed by atoms with Gasteiger partial charge in [0.2, 0.25) is 0 Å². The van der Waals surface area contributed by atoms with Gasteiger partial charge in [0, 0.05) is 10.9 Å². The van der Waals surface area contributed by atoms with Crippen molar-refractivity contribution in [2.75, 3.05) is 0 Å². The molecule has 0 amide bonds. The number of carboxylic acid groups (broad SMARTS) is 1. The molecule has 3 heteroatoms. The van der Waals surface area contributed by atoms with Crippen LogP contribution >= 0.6 is 15.9 Å². The summed E-state index contributed by atoms with van der Waals surface area (Å²) in [6, 6.07) is 7.57. The average molecular weight is 337 g/mol. The molecule has 0 aliphatic carbocycles. The normalized spacial score (nSPS) is 13.4. The van der Waals surface area contributed by atoms with Gasteiger partial charge in [0.1, 0.15) is 0 Å². The zero-order valence-electron chi connectivity index (χ0n) is 11.9. The van der Waals surface area contributed by atoms with Gasteiger partial charge in [-0.05, 0) is 37.5 Å². The molecule has 0 aliphatic rings. The van der Waals surface area contributed by atoms with Crippen molar-refractivity contribution in [1.82, 2.24) is 0 Å². The molecule has 0 heterocycles. The Bertz CT molecular complexity index is 490. The molecule has 0 spiro atoms. The quantitative estimate of drug-likeness (QED) is 0.548. The summed E-state index contributed by atoms with van der Waals surface area (Å²) in [5, 5.41) is 9.58. The minimum Gasteiger partial charge on any atom is -0.481 e. The van der Waals surface area contributed by atoms with Crippen LogP contribution in [0.3, 0.4) is 0 Å². The zero-order chi connectivity index (χ0) is 15.0. The Morgan fingerprint density at radius 1 is 1.35 bits per heavy atom. The molecule has 0 saturated heterocycles. The number of aliphatic carboxylic acids is 1. The lowest BCUT2D eigenvalue weighted by Crippen LogP contribution is -2.32. The first-order valence-corrected chi connectivity index (χ1v) is 7.73. The fourth-order valence-corrected chi connectivity index (χ4v) is 2.66. The van der Waals surface area contributed by atoms with E-state index in [1.54, 1.807) is 6.92 Å². The van der Waals surface area contributed by atoms with Crippen LogP contribution in [0.4, 0.5) is 0 Å². The largest absolute Gasteiger partial charge is 0.481 e. The second-order valence-electron chi connectivity index (χ2n) is 5.27. The third-order valence-electron chi connectivity index (χ3n) is 3.68. The Hall–Kier alpha value is -1.27. The first-order chi connectivity index (χ1) is 9.50. The van der Waals surface area contributed by atoms with E-state index in [1.807, 2.05) is 24.3 Å². The summed E-state index contributed by atoms with van der Waals surface area (Å²) in [4.78, 5) is 11.7. The number of halogens is 1. The smallest absolute Gasteiger partial charge is 0.313 e. The Morgan fingerprint density at radius 3 is 2.65 bits per heavy atom. The Kier molecular flexibility index (Phi) is 6.81. The summed E-state index contributed by atoms with van der Waals surface area (Å²) in [7, 11) is 0. The molecule has 1 aromatic carbocycles. The van der Waals surface area contributed by atoms with Gasteiger partial charge in [0.05, 0.1) is 5.41 Å². The van der Waals surface area contributed by atoms with Crippen LogP contribution in [0, 0.1) is 12.3 Å². The zero-order valence-corrected chi connectivity index (χ0v) is 13.4. The molecular formula is C17H21BrO2. The van der Waals surface area contributed by atoms with E-state index < -0.39 is 11.4 Å². The molecule has 0 aliphatic heterocycles.